The third-order valence-corrected chi connectivity index (χ3v) is 4.60. The molecule has 0 heterocycles. The zero-order chi connectivity index (χ0) is 21.3. The molecule has 0 saturated carbocycles. The number of hydrogen-bond donors (Lipinski definition) is 3. The van der Waals surface area contributed by atoms with Crippen LogP contribution in [0, 0.1) is 23.7 Å². The van der Waals surface area contributed by atoms with Gasteiger partial charge in [-0.05, 0) is 43.4 Å². The number of ketones is 2. The number of aliphatic hydroxyl groups excluding tert-OH is 3. The minimum absolute atomic E-state index is 0.0371. The van der Waals surface area contributed by atoms with Gasteiger partial charge in [0.15, 0.2) is 11.6 Å². The molecule has 27 heavy (non-hydrogen) atoms. The second kappa shape index (κ2) is 12.0. The van der Waals surface area contributed by atoms with Crippen molar-refractivity contribution >= 4 is 11.6 Å². The van der Waals surface area contributed by atoms with Gasteiger partial charge in [-0.15, -0.1) is 0 Å². The molecular formula is C22H38O5. The van der Waals surface area contributed by atoms with E-state index in [4.69, 9.17) is 5.11 Å². The summed E-state index contributed by atoms with van der Waals surface area (Å²) in [5.74, 6) is -0.876. The number of Topliss-reactive ketones (excluding diaryl/α,β-unsaturated/α-hetero) is 2. The number of aliphatic hydroxyl groups is 3. The van der Waals surface area contributed by atoms with E-state index in [2.05, 4.69) is 27.7 Å². The number of hydrogen-bond acceptors (Lipinski definition) is 5. The van der Waals surface area contributed by atoms with Crippen molar-refractivity contribution in [2.24, 2.45) is 23.7 Å². The van der Waals surface area contributed by atoms with Gasteiger partial charge in [-0.1, -0.05) is 41.5 Å². The highest BCUT2D eigenvalue weighted by atomic mass is 16.3. The molecule has 0 amide bonds. The summed E-state index contributed by atoms with van der Waals surface area (Å²) in [6.45, 7) is 12.1. The Hall–Kier alpha value is -1.62. The van der Waals surface area contributed by atoms with Gasteiger partial charge in [0, 0.05) is 19.1 Å². The van der Waals surface area contributed by atoms with Crippen LogP contribution in [0.5, 0.6) is 0 Å². The molecule has 0 aromatic heterocycles. The summed E-state index contributed by atoms with van der Waals surface area (Å²) in [5.41, 5.74) is 0.285. The minimum atomic E-state index is -0.702. The number of rotatable bonds is 9. The lowest BCUT2D eigenvalue weighted by atomic mass is 9.78. The van der Waals surface area contributed by atoms with Crippen LogP contribution in [0.3, 0.4) is 0 Å². The van der Waals surface area contributed by atoms with Crippen molar-refractivity contribution in [3.8, 4) is 0 Å². The standard InChI is InChI=1S/C21H34O4.CH4O/c1-12(2)7-9-15-19(23)16(10-8-13(3)4)21(25)18(20(15)24)17(22)11-14(5)6;1-2/h12-15,23,25H,7-11H2,1-6H3;2H,1H3. The molecule has 1 aliphatic carbocycles. The molecule has 0 aromatic carbocycles. The quantitative estimate of drug-likeness (QED) is 0.493. The summed E-state index contributed by atoms with van der Waals surface area (Å²) in [6.07, 6.45) is 2.75. The van der Waals surface area contributed by atoms with Gasteiger partial charge >= 0.3 is 0 Å². The fraction of sp³-hybridized carbons (Fsp3) is 0.727. The average molecular weight is 383 g/mol. The SMILES string of the molecule is CC(C)CCC1=C(O)C(CCC(C)C)C(=O)C(C(=O)CC(C)C)=C1O.CO. The summed E-state index contributed by atoms with van der Waals surface area (Å²) < 4.78 is 0. The fourth-order valence-electron chi connectivity index (χ4n) is 3.09. The average Bonchev–Trinajstić information content (AvgIpc) is 2.55. The molecule has 1 aliphatic rings. The van der Waals surface area contributed by atoms with Gasteiger partial charge in [0.05, 0.1) is 5.92 Å². The second-order valence-corrected chi connectivity index (χ2v) is 8.43. The Morgan fingerprint density at radius 1 is 0.926 bits per heavy atom. The molecule has 5 heteroatoms. The molecule has 0 saturated heterocycles. The highest BCUT2D eigenvalue weighted by Crippen LogP contribution is 2.36. The van der Waals surface area contributed by atoms with E-state index in [0.717, 1.165) is 20.0 Å². The van der Waals surface area contributed by atoms with E-state index < -0.39 is 11.7 Å². The van der Waals surface area contributed by atoms with Gasteiger partial charge in [-0.3, -0.25) is 9.59 Å². The van der Waals surface area contributed by atoms with E-state index in [1.165, 1.54) is 0 Å². The Balaban J connectivity index is 0.00000326. The first-order valence-corrected chi connectivity index (χ1v) is 9.93. The van der Waals surface area contributed by atoms with Crippen molar-refractivity contribution in [2.45, 2.75) is 73.6 Å². The van der Waals surface area contributed by atoms with Crippen LogP contribution in [-0.2, 0) is 9.59 Å². The first-order chi connectivity index (χ1) is 12.6. The van der Waals surface area contributed by atoms with Crippen LogP contribution in [0.25, 0.3) is 0 Å². The van der Waals surface area contributed by atoms with Gasteiger partial charge in [0.1, 0.15) is 17.1 Å². The summed E-state index contributed by atoms with van der Waals surface area (Å²) in [4.78, 5) is 25.4. The molecule has 0 aromatic rings. The van der Waals surface area contributed by atoms with Gasteiger partial charge in [-0.2, -0.15) is 0 Å². The molecule has 1 unspecified atom stereocenters. The normalized spacial score (nSPS) is 17.7. The molecule has 0 bridgehead atoms. The molecule has 0 fully saturated rings. The minimum Gasteiger partial charge on any atom is -0.511 e. The lowest BCUT2D eigenvalue weighted by molar-refractivity contribution is -0.124. The number of allylic oxidation sites excluding steroid dienone is 3. The maximum atomic E-state index is 12.8. The predicted octanol–water partition coefficient (Wildman–Crippen LogP) is 4.91. The number of carbonyl (C=O) groups excluding carboxylic acids is 2. The second-order valence-electron chi connectivity index (χ2n) is 8.43. The Labute approximate surface area is 164 Å². The van der Waals surface area contributed by atoms with Crippen LogP contribution in [0.4, 0.5) is 0 Å². The Morgan fingerprint density at radius 3 is 1.89 bits per heavy atom. The highest BCUT2D eigenvalue weighted by molar-refractivity contribution is 6.23. The molecule has 1 atom stereocenters. The fourth-order valence-corrected chi connectivity index (χ4v) is 3.09. The predicted molar refractivity (Wildman–Crippen MR) is 109 cm³/mol. The lowest BCUT2D eigenvalue weighted by Crippen LogP contribution is -2.31. The largest absolute Gasteiger partial charge is 0.511 e. The van der Waals surface area contributed by atoms with E-state index in [0.29, 0.717) is 30.3 Å². The summed E-state index contributed by atoms with van der Waals surface area (Å²) in [6, 6.07) is 0. The molecule has 0 radical (unpaired) electrons. The molecule has 0 aliphatic heterocycles. The zero-order valence-electron chi connectivity index (χ0n) is 18.0. The zero-order valence-corrected chi connectivity index (χ0v) is 18.0. The van der Waals surface area contributed by atoms with E-state index in [9.17, 15) is 19.8 Å². The van der Waals surface area contributed by atoms with Crippen molar-refractivity contribution in [1.29, 1.82) is 0 Å². The molecule has 156 valence electrons. The van der Waals surface area contributed by atoms with E-state index in [1.54, 1.807) is 0 Å². The Morgan fingerprint density at radius 2 is 1.44 bits per heavy atom. The van der Waals surface area contributed by atoms with E-state index >= 15 is 0 Å². The van der Waals surface area contributed by atoms with Crippen LogP contribution in [0.2, 0.25) is 0 Å². The van der Waals surface area contributed by atoms with E-state index in [1.807, 2.05) is 13.8 Å². The first-order valence-electron chi connectivity index (χ1n) is 9.93. The van der Waals surface area contributed by atoms with Crippen LogP contribution in [0.15, 0.2) is 22.7 Å². The monoisotopic (exact) mass is 382 g/mol. The maximum absolute atomic E-state index is 12.8. The summed E-state index contributed by atoms with van der Waals surface area (Å²) >= 11 is 0. The number of carbonyl (C=O) groups is 2. The molecule has 5 nitrogen and oxygen atoms in total. The summed E-state index contributed by atoms with van der Waals surface area (Å²) in [7, 11) is 1.00. The van der Waals surface area contributed by atoms with Crippen molar-refractivity contribution in [3.05, 3.63) is 22.7 Å². The smallest absolute Gasteiger partial charge is 0.180 e. The van der Waals surface area contributed by atoms with Crippen molar-refractivity contribution < 1.29 is 24.9 Å². The van der Waals surface area contributed by atoms with Gasteiger partial charge < -0.3 is 15.3 Å². The molecule has 3 N–H and O–H groups in total. The molecule has 0 spiro atoms. The highest BCUT2D eigenvalue weighted by Gasteiger charge is 2.39. The van der Waals surface area contributed by atoms with Crippen molar-refractivity contribution in [2.75, 3.05) is 7.11 Å². The summed E-state index contributed by atoms with van der Waals surface area (Å²) in [5, 5.41) is 28.2. The topological polar surface area (TPSA) is 94.8 Å². The van der Waals surface area contributed by atoms with Crippen molar-refractivity contribution in [3.63, 3.8) is 0 Å². The molecule has 1 rings (SSSR count). The van der Waals surface area contributed by atoms with Crippen LogP contribution in [-0.4, -0.2) is 34.0 Å². The lowest BCUT2D eigenvalue weighted by Gasteiger charge is -2.26. The van der Waals surface area contributed by atoms with Crippen molar-refractivity contribution in [1.82, 2.24) is 0 Å². The van der Waals surface area contributed by atoms with Gasteiger partial charge in [-0.25, -0.2) is 0 Å². The van der Waals surface area contributed by atoms with Gasteiger partial charge in [0.2, 0.25) is 0 Å². The third-order valence-electron chi connectivity index (χ3n) is 4.60. The van der Waals surface area contributed by atoms with E-state index in [-0.39, 0.29) is 35.2 Å². The first kappa shape index (κ1) is 25.4. The van der Waals surface area contributed by atoms with Crippen LogP contribution < -0.4 is 0 Å². The van der Waals surface area contributed by atoms with Crippen LogP contribution in [0.1, 0.15) is 73.6 Å². The molecular weight excluding hydrogens is 344 g/mol. The van der Waals surface area contributed by atoms with Crippen LogP contribution >= 0.6 is 0 Å². The Kier molecular flexibility index (Phi) is 11.2. The Bertz CT molecular complexity index is 567. The maximum Gasteiger partial charge on any atom is 0.180 e. The van der Waals surface area contributed by atoms with Gasteiger partial charge in [0.25, 0.3) is 0 Å². The third kappa shape index (κ3) is 7.49.